The summed E-state index contributed by atoms with van der Waals surface area (Å²) in [6.07, 6.45) is 5.60. The van der Waals surface area contributed by atoms with Crippen molar-refractivity contribution in [1.82, 2.24) is 10.3 Å². The fraction of sp³-hybridized carbons (Fsp3) is 0.647. The van der Waals surface area contributed by atoms with E-state index in [1.807, 2.05) is 19.1 Å². The fourth-order valence-electron chi connectivity index (χ4n) is 2.52. The van der Waals surface area contributed by atoms with Gasteiger partial charge in [0.2, 0.25) is 0 Å². The second kappa shape index (κ2) is 7.43. The molecule has 2 rings (SSSR count). The maximum atomic E-state index is 12.5. The summed E-state index contributed by atoms with van der Waals surface area (Å²) in [5.41, 5.74) is 1.67. The molecule has 0 saturated heterocycles. The quantitative estimate of drug-likeness (QED) is 0.771. The second-order valence-corrected chi connectivity index (χ2v) is 5.87. The normalized spacial score (nSPS) is 15.6. The number of aromatic nitrogens is 1. The number of carbonyl (C=O) groups is 1. The molecular formula is C17H27N3O. The molecule has 0 radical (unpaired) electrons. The van der Waals surface area contributed by atoms with Gasteiger partial charge in [-0.25, -0.2) is 4.98 Å². The van der Waals surface area contributed by atoms with Crippen LogP contribution in [0.1, 0.15) is 62.5 Å². The zero-order valence-corrected chi connectivity index (χ0v) is 13.4. The highest BCUT2D eigenvalue weighted by Crippen LogP contribution is 2.34. The minimum absolute atomic E-state index is 0.0266. The summed E-state index contributed by atoms with van der Waals surface area (Å²) >= 11 is 0. The Bertz CT molecular complexity index is 483. The van der Waals surface area contributed by atoms with Gasteiger partial charge in [0.25, 0.3) is 5.91 Å². The van der Waals surface area contributed by atoms with Crippen molar-refractivity contribution in [2.75, 3.05) is 11.9 Å². The second-order valence-electron chi connectivity index (χ2n) is 5.87. The summed E-state index contributed by atoms with van der Waals surface area (Å²) in [6, 6.07) is 4.05. The van der Waals surface area contributed by atoms with Crippen LogP contribution in [-0.4, -0.2) is 23.5 Å². The zero-order valence-electron chi connectivity index (χ0n) is 13.4. The largest absolute Gasteiger partial charge is 0.370 e. The lowest BCUT2D eigenvalue weighted by Gasteiger charge is -2.17. The number of hydrogen-bond acceptors (Lipinski definition) is 3. The summed E-state index contributed by atoms with van der Waals surface area (Å²) in [4.78, 5) is 17.0. The summed E-state index contributed by atoms with van der Waals surface area (Å²) in [5, 5.41) is 6.38. The Balaban J connectivity index is 2.07. The van der Waals surface area contributed by atoms with Gasteiger partial charge in [0.1, 0.15) is 5.82 Å². The average molecular weight is 289 g/mol. The Morgan fingerprint density at radius 3 is 2.67 bits per heavy atom. The highest BCUT2D eigenvalue weighted by atomic mass is 16.1. The van der Waals surface area contributed by atoms with Gasteiger partial charge in [0, 0.05) is 23.8 Å². The number of amides is 1. The Labute approximate surface area is 127 Å². The van der Waals surface area contributed by atoms with Crippen LogP contribution < -0.4 is 10.6 Å². The van der Waals surface area contributed by atoms with Crippen LogP contribution >= 0.6 is 0 Å². The van der Waals surface area contributed by atoms with E-state index in [0.717, 1.165) is 43.2 Å². The molecule has 1 saturated carbocycles. The summed E-state index contributed by atoms with van der Waals surface area (Å²) < 4.78 is 0. The molecule has 1 aliphatic carbocycles. The smallest absolute Gasteiger partial charge is 0.251 e. The van der Waals surface area contributed by atoms with Crippen LogP contribution in [-0.2, 0) is 6.42 Å². The van der Waals surface area contributed by atoms with Gasteiger partial charge in [-0.15, -0.1) is 0 Å². The van der Waals surface area contributed by atoms with Crippen LogP contribution in [0, 0.1) is 5.92 Å². The zero-order chi connectivity index (χ0) is 15.2. The van der Waals surface area contributed by atoms with Gasteiger partial charge in [-0.1, -0.05) is 26.7 Å². The molecule has 0 spiro atoms. The van der Waals surface area contributed by atoms with Crippen molar-refractivity contribution in [2.24, 2.45) is 5.92 Å². The highest BCUT2D eigenvalue weighted by Gasteiger charge is 2.25. The molecule has 4 nitrogen and oxygen atoms in total. The van der Waals surface area contributed by atoms with E-state index in [1.165, 1.54) is 12.8 Å². The Morgan fingerprint density at radius 2 is 2.10 bits per heavy atom. The molecule has 0 aliphatic heterocycles. The number of aryl methyl sites for hydroxylation is 1. The molecule has 1 aliphatic rings. The van der Waals surface area contributed by atoms with Crippen molar-refractivity contribution in [2.45, 2.75) is 58.9 Å². The third-order valence-electron chi connectivity index (χ3n) is 4.00. The number of carbonyl (C=O) groups excluding carboxylic acids is 1. The van der Waals surface area contributed by atoms with Crippen LogP contribution in [0.5, 0.6) is 0 Å². The average Bonchev–Trinajstić information content (AvgIpc) is 3.30. The molecule has 116 valence electrons. The van der Waals surface area contributed by atoms with Crippen LogP contribution in [0.2, 0.25) is 0 Å². The number of pyridine rings is 1. The molecule has 21 heavy (non-hydrogen) atoms. The first-order valence-corrected chi connectivity index (χ1v) is 8.21. The van der Waals surface area contributed by atoms with E-state index in [2.05, 4.69) is 29.5 Å². The van der Waals surface area contributed by atoms with Crippen molar-refractivity contribution in [3.8, 4) is 0 Å². The lowest BCUT2D eigenvalue weighted by molar-refractivity contribution is 0.0932. The van der Waals surface area contributed by atoms with Crippen LogP contribution in [0.4, 0.5) is 5.82 Å². The summed E-state index contributed by atoms with van der Waals surface area (Å²) in [5.74, 6) is 1.65. The molecule has 1 atom stereocenters. The van der Waals surface area contributed by atoms with Crippen molar-refractivity contribution in [3.05, 3.63) is 23.4 Å². The molecule has 2 N–H and O–H groups in total. The molecule has 1 aromatic rings. The van der Waals surface area contributed by atoms with E-state index in [0.29, 0.717) is 11.6 Å². The Morgan fingerprint density at radius 1 is 1.33 bits per heavy atom. The van der Waals surface area contributed by atoms with Gasteiger partial charge in [0.05, 0.1) is 0 Å². The third-order valence-corrected chi connectivity index (χ3v) is 4.00. The summed E-state index contributed by atoms with van der Waals surface area (Å²) in [7, 11) is 0. The highest BCUT2D eigenvalue weighted by molar-refractivity contribution is 5.95. The number of nitrogens with one attached hydrogen (secondary N) is 2. The number of rotatable bonds is 8. The maximum Gasteiger partial charge on any atom is 0.251 e. The fourth-order valence-corrected chi connectivity index (χ4v) is 2.52. The van der Waals surface area contributed by atoms with E-state index in [4.69, 9.17) is 0 Å². The van der Waals surface area contributed by atoms with Crippen molar-refractivity contribution in [3.63, 3.8) is 0 Å². The predicted octanol–water partition coefficient (Wildman–Crippen LogP) is 3.38. The first kappa shape index (κ1) is 15.8. The molecule has 1 amide bonds. The minimum atomic E-state index is 0.0266. The maximum absolute atomic E-state index is 12.5. The number of hydrogen-bond donors (Lipinski definition) is 2. The third kappa shape index (κ3) is 4.73. The van der Waals surface area contributed by atoms with Crippen LogP contribution in [0.25, 0.3) is 0 Å². The number of anilines is 1. The molecule has 1 fully saturated rings. The monoisotopic (exact) mass is 289 g/mol. The standard InChI is InChI=1S/C17H27N3O/c1-4-14(9-12-7-8-12)20-17(21)13-10-15(5-2)19-16(11-13)18-6-3/h10-12,14H,4-9H2,1-3H3,(H,18,19)(H,20,21). The SMILES string of the molecule is CCNc1cc(C(=O)NC(CC)CC2CC2)cc(CC)n1. The molecular weight excluding hydrogens is 262 g/mol. The molecule has 1 heterocycles. The van der Waals surface area contributed by atoms with Crippen LogP contribution in [0.3, 0.4) is 0 Å². The van der Waals surface area contributed by atoms with E-state index < -0.39 is 0 Å². The molecule has 0 bridgehead atoms. The van der Waals surface area contributed by atoms with Gasteiger partial charge >= 0.3 is 0 Å². The van der Waals surface area contributed by atoms with Crippen LogP contribution in [0.15, 0.2) is 12.1 Å². The molecule has 1 aromatic heterocycles. The van der Waals surface area contributed by atoms with Gasteiger partial charge in [-0.2, -0.15) is 0 Å². The van der Waals surface area contributed by atoms with E-state index in [-0.39, 0.29) is 5.91 Å². The molecule has 4 heteroatoms. The first-order valence-electron chi connectivity index (χ1n) is 8.21. The first-order chi connectivity index (χ1) is 10.2. The predicted molar refractivity (Wildman–Crippen MR) is 86.7 cm³/mol. The number of nitrogens with zero attached hydrogens (tertiary/aromatic N) is 1. The van der Waals surface area contributed by atoms with Gasteiger partial charge < -0.3 is 10.6 Å². The van der Waals surface area contributed by atoms with Gasteiger partial charge in [-0.05, 0) is 44.2 Å². The van der Waals surface area contributed by atoms with E-state index in [1.54, 1.807) is 0 Å². The summed E-state index contributed by atoms with van der Waals surface area (Å²) in [6.45, 7) is 7.03. The topological polar surface area (TPSA) is 54.0 Å². The molecule has 1 unspecified atom stereocenters. The minimum Gasteiger partial charge on any atom is -0.370 e. The van der Waals surface area contributed by atoms with Crippen molar-refractivity contribution in [1.29, 1.82) is 0 Å². The van der Waals surface area contributed by atoms with E-state index in [9.17, 15) is 4.79 Å². The van der Waals surface area contributed by atoms with Gasteiger partial charge in [0.15, 0.2) is 0 Å². The Kier molecular flexibility index (Phi) is 5.59. The lowest BCUT2D eigenvalue weighted by Crippen LogP contribution is -2.34. The van der Waals surface area contributed by atoms with E-state index >= 15 is 0 Å². The van der Waals surface area contributed by atoms with Crippen molar-refractivity contribution >= 4 is 11.7 Å². The Hall–Kier alpha value is -1.58. The lowest BCUT2D eigenvalue weighted by atomic mass is 10.1. The van der Waals surface area contributed by atoms with Gasteiger partial charge in [-0.3, -0.25) is 4.79 Å². The van der Waals surface area contributed by atoms with Crippen molar-refractivity contribution < 1.29 is 4.79 Å². The molecule has 0 aromatic carbocycles.